The van der Waals surface area contributed by atoms with Gasteiger partial charge >= 0.3 is 0 Å². The number of ketones is 1. The second-order valence-electron chi connectivity index (χ2n) is 10.5. The summed E-state index contributed by atoms with van der Waals surface area (Å²) in [6.07, 6.45) is 6.46. The van der Waals surface area contributed by atoms with Crippen LogP contribution in [0.15, 0.2) is 66.9 Å². The first-order chi connectivity index (χ1) is 19.1. The van der Waals surface area contributed by atoms with E-state index in [1.54, 1.807) is 12.1 Å². The van der Waals surface area contributed by atoms with Crippen LogP contribution in [0.1, 0.15) is 53.7 Å². The van der Waals surface area contributed by atoms with Crippen LogP contribution < -0.4 is 9.64 Å². The Labute approximate surface area is 230 Å². The van der Waals surface area contributed by atoms with Crippen molar-refractivity contribution in [1.29, 1.82) is 5.26 Å². The van der Waals surface area contributed by atoms with Gasteiger partial charge in [0.25, 0.3) is 0 Å². The second-order valence-corrected chi connectivity index (χ2v) is 10.5. The molecular weight excluding hydrogens is 486 g/mol. The Morgan fingerprint density at radius 3 is 2.46 bits per heavy atom. The monoisotopic (exact) mass is 519 g/mol. The van der Waals surface area contributed by atoms with Crippen molar-refractivity contribution in [3.63, 3.8) is 0 Å². The van der Waals surface area contributed by atoms with Crippen molar-refractivity contribution in [2.24, 2.45) is 5.92 Å². The molecule has 2 aliphatic heterocycles. The van der Waals surface area contributed by atoms with E-state index in [0.717, 1.165) is 69.8 Å². The molecule has 7 heteroatoms. The van der Waals surface area contributed by atoms with Gasteiger partial charge in [-0.1, -0.05) is 24.3 Å². The highest BCUT2D eigenvalue weighted by Crippen LogP contribution is 2.26. The van der Waals surface area contributed by atoms with Gasteiger partial charge in [0, 0.05) is 19.5 Å². The maximum atomic E-state index is 13.0. The van der Waals surface area contributed by atoms with Crippen LogP contribution in [0.2, 0.25) is 0 Å². The number of piperidine rings is 2. The number of nitrogens with zero attached hydrogens (tertiary/aromatic N) is 5. The van der Waals surface area contributed by atoms with Gasteiger partial charge in [0.15, 0.2) is 11.5 Å². The molecule has 0 spiro atoms. The highest BCUT2D eigenvalue weighted by atomic mass is 16.5. The molecule has 3 aromatic rings. The van der Waals surface area contributed by atoms with Gasteiger partial charge in [-0.25, -0.2) is 4.85 Å². The number of hydrogen-bond acceptors (Lipinski definition) is 6. The number of likely N-dealkylation sites (tertiary alicyclic amines) is 1. The molecule has 2 aliphatic rings. The van der Waals surface area contributed by atoms with E-state index >= 15 is 0 Å². The number of hydrogen-bond donors (Lipinski definition) is 0. The summed E-state index contributed by atoms with van der Waals surface area (Å²) in [6, 6.07) is 21.1. The molecule has 39 heavy (non-hydrogen) atoms. The molecule has 7 nitrogen and oxygen atoms in total. The van der Waals surface area contributed by atoms with Gasteiger partial charge in [-0.2, -0.15) is 5.26 Å². The molecule has 198 valence electrons. The minimum Gasteiger partial charge on any atom is -0.489 e. The van der Waals surface area contributed by atoms with Crippen LogP contribution in [0.3, 0.4) is 0 Å². The molecule has 0 saturated carbocycles. The Kier molecular flexibility index (Phi) is 8.51. The van der Waals surface area contributed by atoms with Crippen molar-refractivity contribution < 1.29 is 9.53 Å². The van der Waals surface area contributed by atoms with E-state index in [2.05, 4.69) is 25.7 Å². The van der Waals surface area contributed by atoms with Crippen molar-refractivity contribution in [2.45, 2.75) is 44.8 Å². The lowest BCUT2D eigenvalue weighted by molar-refractivity contribution is 0.0920. The fourth-order valence-corrected chi connectivity index (χ4v) is 5.46. The van der Waals surface area contributed by atoms with E-state index in [0.29, 0.717) is 29.3 Å². The normalized spacial score (nSPS) is 18.2. The lowest BCUT2D eigenvalue weighted by Gasteiger charge is -2.34. The quantitative estimate of drug-likeness (QED) is 0.267. The highest BCUT2D eigenvalue weighted by molar-refractivity contribution is 5.94. The number of nitriles is 1. The zero-order valence-corrected chi connectivity index (χ0v) is 22.1. The van der Waals surface area contributed by atoms with Crippen molar-refractivity contribution in [3.05, 3.63) is 95.1 Å². The molecule has 1 atom stereocenters. The molecule has 1 unspecified atom stereocenters. The summed E-state index contributed by atoms with van der Waals surface area (Å²) in [5, 5.41) is 8.97. The SMILES string of the molecule is [C-]#[N+]c1ccc(OC2CCCN(c3ccc(C(=O)CC4CCN(Cc5ccc(C#N)cc5)CC4)nc3)C2)cc1. The Bertz CT molecular complexity index is 1330. The number of anilines is 1. The summed E-state index contributed by atoms with van der Waals surface area (Å²) < 4.78 is 6.17. The number of Topliss-reactive ketones (excluding diaryl/α,β-unsaturated/α-hetero) is 1. The zero-order chi connectivity index (χ0) is 27.0. The third kappa shape index (κ3) is 7.02. The van der Waals surface area contributed by atoms with Crippen LogP contribution in [-0.4, -0.2) is 48.0 Å². The van der Waals surface area contributed by atoms with Crippen LogP contribution in [0, 0.1) is 23.8 Å². The molecular formula is C32H33N5O2. The molecule has 0 N–H and O–H groups in total. The lowest BCUT2D eigenvalue weighted by atomic mass is 9.90. The molecule has 0 bridgehead atoms. The lowest BCUT2D eigenvalue weighted by Crippen LogP contribution is -2.41. The van der Waals surface area contributed by atoms with E-state index in [1.165, 1.54) is 5.56 Å². The Morgan fingerprint density at radius 1 is 1.03 bits per heavy atom. The van der Waals surface area contributed by atoms with Gasteiger partial charge in [0.1, 0.15) is 17.5 Å². The van der Waals surface area contributed by atoms with Crippen molar-refractivity contribution >= 4 is 17.2 Å². The average molecular weight is 520 g/mol. The maximum absolute atomic E-state index is 13.0. The molecule has 0 amide bonds. The fourth-order valence-electron chi connectivity index (χ4n) is 5.46. The predicted molar refractivity (Wildman–Crippen MR) is 151 cm³/mol. The first-order valence-electron chi connectivity index (χ1n) is 13.7. The molecule has 5 rings (SSSR count). The summed E-state index contributed by atoms with van der Waals surface area (Å²) in [7, 11) is 0. The van der Waals surface area contributed by atoms with Gasteiger partial charge in [-0.05, 0) is 86.7 Å². The topological polar surface area (TPSA) is 73.8 Å². The van der Waals surface area contributed by atoms with E-state index in [1.807, 2.05) is 54.7 Å². The molecule has 0 radical (unpaired) electrons. The van der Waals surface area contributed by atoms with Gasteiger partial charge in [-0.15, -0.1) is 0 Å². The van der Waals surface area contributed by atoms with Gasteiger partial charge in [0.2, 0.25) is 0 Å². The van der Waals surface area contributed by atoms with Crippen LogP contribution in [0.25, 0.3) is 4.85 Å². The fraction of sp³-hybridized carbons (Fsp3) is 0.375. The zero-order valence-electron chi connectivity index (χ0n) is 22.1. The Balaban J connectivity index is 1.08. The largest absolute Gasteiger partial charge is 0.489 e. The van der Waals surface area contributed by atoms with Crippen molar-refractivity contribution in [1.82, 2.24) is 9.88 Å². The number of carbonyl (C=O) groups is 1. The summed E-state index contributed by atoms with van der Waals surface area (Å²) in [5.41, 5.74) is 4.07. The summed E-state index contributed by atoms with van der Waals surface area (Å²) in [5.74, 6) is 1.29. The van der Waals surface area contributed by atoms with Crippen molar-refractivity contribution in [3.8, 4) is 11.8 Å². The third-order valence-electron chi connectivity index (χ3n) is 7.72. The third-order valence-corrected chi connectivity index (χ3v) is 7.72. The van der Waals surface area contributed by atoms with Crippen LogP contribution in [-0.2, 0) is 6.54 Å². The van der Waals surface area contributed by atoms with E-state index in [4.69, 9.17) is 16.6 Å². The molecule has 3 heterocycles. The number of aromatic nitrogens is 1. The minimum absolute atomic E-state index is 0.0710. The number of carbonyl (C=O) groups excluding carboxylic acids is 1. The molecule has 2 fully saturated rings. The number of benzene rings is 2. The molecule has 0 aliphatic carbocycles. The highest BCUT2D eigenvalue weighted by Gasteiger charge is 2.24. The summed E-state index contributed by atoms with van der Waals surface area (Å²) >= 11 is 0. The van der Waals surface area contributed by atoms with Crippen LogP contribution in [0.4, 0.5) is 11.4 Å². The molecule has 1 aromatic heterocycles. The van der Waals surface area contributed by atoms with Gasteiger partial charge < -0.3 is 9.64 Å². The Hall–Kier alpha value is -4.20. The summed E-state index contributed by atoms with van der Waals surface area (Å²) in [4.78, 5) is 25.6. The predicted octanol–water partition coefficient (Wildman–Crippen LogP) is 6.04. The second kappa shape index (κ2) is 12.6. The molecule has 2 aromatic carbocycles. The number of rotatable bonds is 8. The van der Waals surface area contributed by atoms with Gasteiger partial charge in [0.05, 0.1) is 36.6 Å². The van der Waals surface area contributed by atoms with E-state index in [-0.39, 0.29) is 11.9 Å². The Morgan fingerprint density at radius 2 is 1.79 bits per heavy atom. The van der Waals surface area contributed by atoms with Crippen LogP contribution >= 0.6 is 0 Å². The maximum Gasteiger partial charge on any atom is 0.187 e. The number of pyridine rings is 1. The van der Waals surface area contributed by atoms with E-state index in [9.17, 15) is 4.79 Å². The van der Waals surface area contributed by atoms with Crippen molar-refractivity contribution in [2.75, 3.05) is 31.1 Å². The van der Waals surface area contributed by atoms with Crippen LogP contribution in [0.5, 0.6) is 5.75 Å². The average Bonchev–Trinajstić information content (AvgIpc) is 2.99. The number of ether oxygens (including phenoxy) is 1. The first kappa shape index (κ1) is 26.4. The molecule has 2 saturated heterocycles. The van der Waals surface area contributed by atoms with E-state index < -0.39 is 0 Å². The van der Waals surface area contributed by atoms with Gasteiger partial charge in [-0.3, -0.25) is 14.7 Å². The summed E-state index contributed by atoms with van der Waals surface area (Å²) in [6.45, 7) is 11.6. The minimum atomic E-state index is 0.0710. The first-order valence-corrected chi connectivity index (χ1v) is 13.7. The standard InChI is InChI=1S/C32H33N5O2/c1-34-27-8-11-29(12-9-27)39-30-3-2-16-37(23-30)28-10-13-31(35-21-28)32(38)19-24-14-17-36(18-15-24)22-26-6-4-25(20-33)5-7-26/h4-13,21,24,30H,2-3,14-19,22-23H2. The smallest absolute Gasteiger partial charge is 0.187 e.